The third kappa shape index (κ3) is 6.31. The lowest BCUT2D eigenvalue weighted by molar-refractivity contribution is 0.0128. The van der Waals surface area contributed by atoms with Crippen molar-refractivity contribution in [3.05, 3.63) is 35.9 Å². The fraction of sp³-hybridized carbons (Fsp3) is 0.714. The van der Waals surface area contributed by atoms with Crippen molar-refractivity contribution in [1.29, 1.82) is 0 Å². The van der Waals surface area contributed by atoms with Crippen molar-refractivity contribution >= 4 is 17.4 Å². The summed E-state index contributed by atoms with van der Waals surface area (Å²) in [6.45, 7) is 22.4. The van der Waals surface area contributed by atoms with E-state index in [1.165, 1.54) is 0 Å². The van der Waals surface area contributed by atoms with Gasteiger partial charge < -0.3 is 14.6 Å². The molecule has 0 aliphatic rings. The molecular formula is C21H41NO2Si2. The Bertz CT molecular complexity index is 547. The Balaban J connectivity index is 3.31. The van der Waals surface area contributed by atoms with E-state index in [0.717, 1.165) is 5.56 Å². The van der Waals surface area contributed by atoms with Gasteiger partial charge in [0.1, 0.15) is 0 Å². The Kier molecular flexibility index (Phi) is 7.88. The lowest BCUT2D eigenvalue weighted by atomic mass is 9.82. The van der Waals surface area contributed by atoms with Crippen molar-refractivity contribution in [3.8, 4) is 0 Å². The van der Waals surface area contributed by atoms with Crippen LogP contribution in [0.15, 0.2) is 30.3 Å². The molecule has 26 heavy (non-hydrogen) atoms. The molecule has 2 N–H and O–H groups in total. The number of rotatable bonds is 7. The van der Waals surface area contributed by atoms with Crippen molar-refractivity contribution in [2.45, 2.75) is 91.0 Å². The van der Waals surface area contributed by atoms with Gasteiger partial charge in [-0.3, -0.25) is 0 Å². The molecule has 150 valence electrons. The smallest absolute Gasteiger partial charge is 0.192 e. The largest absolute Gasteiger partial charge is 0.415 e. The second-order valence-corrected chi connectivity index (χ2v) is 17.4. The summed E-state index contributed by atoms with van der Waals surface area (Å²) in [7, 11) is -3.21. The Hall–Kier alpha value is -0.466. The van der Waals surface area contributed by atoms with Gasteiger partial charge in [0.15, 0.2) is 17.4 Å². The molecule has 0 aromatic heterocycles. The first-order chi connectivity index (χ1) is 11.7. The second kappa shape index (κ2) is 8.69. The summed E-state index contributed by atoms with van der Waals surface area (Å²) in [4.78, 5) is 0. The van der Waals surface area contributed by atoms with Crippen LogP contribution < -0.4 is 5.73 Å². The first-order valence-electron chi connectivity index (χ1n) is 9.80. The van der Waals surface area contributed by atoms with Crippen molar-refractivity contribution in [2.75, 3.05) is 0 Å². The molecule has 3 nitrogen and oxygen atoms in total. The molecule has 3 unspecified atom stereocenters. The summed E-state index contributed by atoms with van der Waals surface area (Å²) < 4.78 is 13.3. The van der Waals surface area contributed by atoms with E-state index in [9.17, 15) is 0 Å². The highest BCUT2D eigenvalue weighted by Gasteiger charge is 2.44. The molecule has 1 aromatic rings. The highest BCUT2D eigenvalue weighted by atomic mass is 28.4. The molecule has 0 bridgehead atoms. The molecule has 3 atom stereocenters. The minimum atomic E-state index is -1.98. The van der Waals surface area contributed by atoms with Crippen LogP contribution in [-0.4, -0.2) is 29.5 Å². The van der Waals surface area contributed by atoms with Gasteiger partial charge >= 0.3 is 0 Å². The van der Waals surface area contributed by atoms with Crippen molar-refractivity contribution in [2.24, 2.45) is 11.1 Å². The van der Waals surface area contributed by atoms with Crippen LogP contribution in [0.2, 0.25) is 31.2 Å². The molecule has 1 rings (SSSR count). The van der Waals surface area contributed by atoms with Crippen molar-refractivity contribution < 1.29 is 8.85 Å². The zero-order valence-corrected chi connectivity index (χ0v) is 20.7. The average Bonchev–Trinajstić information content (AvgIpc) is 2.48. The maximum Gasteiger partial charge on any atom is 0.192 e. The molecule has 5 heteroatoms. The first kappa shape index (κ1) is 23.6. The quantitative estimate of drug-likeness (QED) is 0.621. The molecule has 0 aliphatic carbocycles. The maximum absolute atomic E-state index is 6.87. The maximum atomic E-state index is 6.87. The molecule has 0 fully saturated rings. The van der Waals surface area contributed by atoms with Crippen LogP contribution in [0.1, 0.15) is 53.2 Å². The number of hydrogen-bond acceptors (Lipinski definition) is 3. The fourth-order valence-electron chi connectivity index (χ4n) is 2.83. The third-order valence-electron chi connectivity index (χ3n) is 5.33. The lowest BCUT2D eigenvalue weighted by Crippen LogP contribution is -2.53. The van der Waals surface area contributed by atoms with Crippen LogP contribution in [0.25, 0.3) is 0 Å². The van der Waals surface area contributed by atoms with Crippen LogP contribution in [0, 0.1) is 5.41 Å². The summed E-state index contributed by atoms with van der Waals surface area (Å²) in [5.41, 5.74) is 7.98. The summed E-state index contributed by atoms with van der Waals surface area (Å²) >= 11 is 0. The summed E-state index contributed by atoms with van der Waals surface area (Å²) in [6.07, 6.45) is -0.196. The second-order valence-electron chi connectivity index (χ2n) is 10.3. The van der Waals surface area contributed by atoms with Gasteiger partial charge in [-0.25, -0.2) is 0 Å². The topological polar surface area (TPSA) is 44.5 Å². The Labute approximate surface area is 164 Å². The van der Waals surface area contributed by atoms with Gasteiger partial charge in [0.05, 0.1) is 18.2 Å². The zero-order valence-electron chi connectivity index (χ0n) is 18.6. The van der Waals surface area contributed by atoms with E-state index in [-0.39, 0.29) is 28.7 Å². The molecule has 0 spiro atoms. The third-order valence-corrected chi connectivity index (χ3v) is 10.6. The van der Waals surface area contributed by atoms with Gasteiger partial charge in [0, 0.05) is 0 Å². The van der Waals surface area contributed by atoms with E-state index in [0.29, 0.717) is 0 Å². The highest BCUT2D eigenvalue weighted by Crippen LogP contribution is 2.42. The first-order valence-corrected chi connectivity index (χ1v) is 15.5. The number of benzene rings is 1. The molecule has 0 saturated heterocycles. The number of hydrogen-bond donors (Lipinski definition) is 1. The van der Waals surface area contributed by atoms with E-state index in [1.807, 2.05) is 6.07 Å². The Morgan fingerprint density at radius 3 is 1.85 bits per heavy atom. The monoisotopic (exact) mass is 395 g/mol. The molecule has 1 aromatic carbocycles. The van der Waals surface area contributed by atoms with E-state index < -0.39 is 17.4 Å². The fourth-order valence-corrected chi connectivity index (χ4v) is 5.29. The van der Waals surface area contributed by atoms with E-state index in [2.05, 4.69) is 92.0 Å². The zero-order chi connectivity index (χ0) is 20.3. The van der Waals surface area contributed by atoms with Gasteiger partial charge in [-0.15, -0.1) is 0 Å². The van der Waals surface area contributed by atoms with Crippen LogP contribution in [0.4, 0.5) is 0 Å². The van der Waals surface area contributed by atoms with Crippen molar-refractivity contribution in [1.82, 2.24) is 0 Å². The molecule has 0 radical (unpaired) electrons. The molecule has 0 saturated carbocycles. The standard InChI is InChI=1S/C21H41NO2Si2/c1-20(2,3)19(23-25(7)8)17(22)18(16-14-12-11-13-15-16)24-26(9,10)21(4,5)6/h11-15,17-19,25H,22H2,1-10H3. The summed E-state index contributed by atoms with van der Waals surface area (Å²) in [6, 6.07) is 10.2. The average molecular weight is 396 g/mol. The SMILES string of the molecule is C[SiH](C)OC(C(N)C(O[Si](C)(C)C(C)(C)C)c1ccccc1)C(C)(C)C. The van der Waals surface area contributed by atoms with E-state index in [1.54, 1.807) is 0 Å². The number of nitrogens with two attached hydrogens (primary N) is 1. The van der Waals surface area contributed by atoms with Gasteiger partial charge in [0.2, 0.25) is 0 Å². The molecular weight excluding hydrogens is 354 g/mol. The van der Waals surface area contributed by atoms with Crippen LogP contribution in [0.3, 0.4) is 0 Å². The molecule has 0 aliphatic heterocycles. The Morgan fingerprint density at radius 1 is 0.962 bits per heavy atom. The Morgan fingerprint density at radius 2 is 1.46 bits per heavy atom. The minimum Gasteiger partial charge on any atom is -0.415 e. The van der Waals surface area contributed by atoms with Crippen LogP contribution >= 0.6 is 0 Å². The predicted octanol–water partition coefficient (Wildman–Crippen LogP) is 5.49. The molecule has 0 heterocycles. The van der Waals surface area contributed by atoms with Gasteiger partial charge in [-0.2, -0.15) is 0 Å². The highest BCUT2D eigenvalue weighted by molar-refractivity contribution is 6.74. The van der Waals surface area contributed by atoms with Crippen molar-refractivity contribution in [3.63, 3.8) is 0 Å². The molecule has 0 amide bonds. The minimum absolute atomic E-state index is 0.0378. The van der Waals surface area contributed by atoms with E-state index >= 15 is 0 Å². The predicted molar refractivity (Wildman–Crippen MR) is 119 cm³/mol. The lowest BCUT2D eigenvalue weighted by Gasteiger charge is -2.45. The van der Waals surface area contributed by atoms with Gasteiger partial charge in [-0.1, -0.05) is 71.9 Å². The summed E-state index contributed by atoms with van der Waals surface area (Å²) in [5.74, 6) is 0. The summed E-state index contributed by atoms with van der Waals surface area (Å²) in [5, 5.41) is 0.130. The normalized spacial score (nSPS) is 17.2. The van der Waals surface area contributed by atoms with E-state index in [4.69, 9.17) is 14.6 Å². The van der Waals surface area contributed by atoms with Gasteiger partial charge in [0.25, 0.3) is 0 Å². The van der Waals surface area contributed by atoms with Gasteiger partial charge in [-0.05, 0) is 42.2 Å². The van der Waals surface area contributed by atoms with Crippen LogP contribution in [0.5, 0.6) is 0 Å². The van der Waals surface area contributed by atoms with Crippen LogP contribution in [-0.2, 0) is 8.85 Å².